The van der Waals surface area contributed by atoms with Gasteiger partial charge < -0.3 is 20.1 Å². The zero-order chi connectivity index (χ0) is 19.2. The standard InChI is InChI=1S/C21H44O4/c1-5-9-13-19(24)20(17-22,18-23)21(14-10-6-2,15-11-7-3)25-16-12-8-4/h19,22-24H,5-18H2,1-4H3. The molecule has 4 nitrogen and oxygen atoms in total. The first-order valence-corrected chi connectivity index (χ1v) is 10.6. The number of hydrogen-bond donors (Lipinski definition) is 3. The lowest BCUT2D eigenvalue weighted by molar-refractivity contribution is -0.219. The predicted molar refractivity (Wildman–Crippen MR) is 105 cm³/mol. The second-order valence-electron chi connectivity index (χ2n) is 7.53. The van der Waals surface area contributed by atoms with Gasteiger partial charge in [0.25, 0.3) is 0 Å². The summed E-state index contributed by atoms with van der Waals surface area (Å²) in [4.78, 5) is 0. The molecule has 0 rings (SSSR count). The van der Waals surface area contributed by atoms with Crippen LogP contribution in [0.2, 0.25) is 0 Å². The predicted octanol–water partition coefficient (Wildman–Crippen LogP) is 4.44. The Kier molecular flexibility index (Phi) is 13.9. The van der Waals surface area contributed by atoms with E-state index in [0.717, 1.165) is 64.2 Å². The maximum Gasteiger partial charge on any atom is 0.0807 e. The van der Waals surface area contributed by atoms with Crippen molar-refractivity contribution in [2.24, 2.45) is 5.41 Å². The van der Waals surface area contributed by atoms with Crippen LogP contribution in [0.5, 0.6) is 0 Å². The van der Waals surface area contributed by atoms with Crippen LogP contribution < -0.4 is 0 Å². The molecule has 0 saturated carbocycles. The van der Waals surface area contributed by atoms with Gasteiger partial charge in [-0.15, -0.1) is 0 Å². The van der Waals surface area contributed by atoms with E-state index in [2.05, 4.69) is 27.7 Å². The lowest BCUT2D eigenvalue weighted by atomic mass is 9.63. The van der Waals surface area contributed by atoms with E-state index < -0.39 is 17.1 Å². The Hall–Kier alpha value is -0.160. The molecule has 0 bridgehead atoms. The van der Waals surface area contributed by atoms with Gasteiger partial charge in [0.1, 0.15) is 0 Å². The number of rotatable bonds is 17. The van der Waals surface area contributed by atoms with Gasteiger partial charge in [0.2, 0.25) is 0 Å². The average molecular weight is 361 g/mol. The molecule has 1 unspecified atom stereocenters. The normalized spacial score (nSPS) is 14.0. The fraction of sp³-hybridized carbons (Fsp3) is 1.00. The van der Waals surface area contributed by atoms with Crippen molar-refractivity contribution in [2.75, 3.05) is 19.8 Å². The van der Waals surface area contributed by atoms with Crippen molar-refractivity contribution >= 4 is 0 Å². The summed E-state index contributed by atoms with van der Waals surface area (Å²) in [5, 5.41) is 31.7. The molecule has 0 aromatic heterocycles. The third-order valence-electron chi connectivity index (χ3n) is 5.69. The molecule has 0 aliphatic heterocycles. The molecule has 0 aromatic rings. The fourth-order valence-electron chi connectivity index (χ4n) is 3.77. The quantitative estimate of drug-likeness (QED) is 0.335. The van der Waals surface area contributed by atoms with Crippen molar-refractivity contribution in [3.63, 3.8) is 0 Å². The molecule has 0 aliphatic carbocycles. The Bertz CT molecular complexity index is 294. The molecule has 3 N–H and O–H groups in total. The highest BCUT2D eigenvalue weighted by Crippen LogP contribution is 2.46. The van der Waals surface area contributed by atoms with Crippen LogP contribution in [0.4, 0.5) is 0 Å². The Morgan fingerprint density at radius 2 is 1.24 bits per heavy atom. The van der Waals surface area contributed by atoms with Crippen molar-refractivity contribution in [3.8, 4) is 0 Å². The van der Waals surface area contributed by atoms with E-state index in [-0.39, 0.29) is 13.2 Å². The molecule has 0 aliphatic rings. The summed E-state index contributed by atoms with van der Waals surface area (Å²) >= 11 is 0. The molecule has 0 saturated heterocycles. The molecular weight excluding hydrogens is 316 g/mol. The van der Waals surface area contributed by atoms with Crippen LogP contribution in [0.1, 0.15) is 98.3 Å². The Morgan fingerprint density at radius 1 is 0.760 bits per heavy atom. The van der Waals surface area contributed by atoms with Crippen LogP contribution in [-0.2, 0) is 4.74 Å². The van der Waals surface area contributed by atoms with E-state index in [4.69, 9.17) is 4.74 Å². The van der Waals surface area contributed by atoms with Gasteiger partial charge in [0, 0.05) is 6.61 Å². The SMILES string of the molecule is CCCCOC(CCCC)(CCCC)C(CO)(CO)C(O)CCCC. The minimum Gasteiger partial charge on any atom is -0.395 e. The summed E-state index contributed by atoms with van der Waals surface area (Å²) < 4.78 is 6.44. The Balaban J connectivity index is 5.79. The fourth-order valence-corrected chi connectivity index (χ4v) is 3.77. The summed E-state index contributed by atoms with van der Waals surface area (Å²) in [7, 11) is 0. The largest absolute Gasteiger partial charge is 0.395 e. The van der Waals surface area contributed by atoms with Gasteiger partial charge in [-0.1, -0.05) is 72.6 Å². The minimum atomic E-state index is -1.000. The average Bonchev–Trinajstić information content (AvgIpc) is 2.64. The first-order valence-electron chi connectivity index (χ1n) is 10.6. The van der Waals surface area contributed by atoms with E-state index in [1.807, 2.05) is 0 Å². The third kappa shape index (κ3) is 6.82. The maximum absolute atomic E-state index is 11.0. The number of aliphatic hydroxyl groups excluding tert-OH is 3. The zero-order valence-electron chi connectivity index (χ0n) is 17.2. The third-order valence-corrected chi connectivity index (χ3v) is 5.69. The topological polar surface area (TPSA) is 69.9 Å². The van der Waals surface area contributed by atoms with Crippen molar-refractivity contribution < 1.29 is 20.1 Å². The second-order valence-corrected chi connectivity index (χ2v) is 7.53. The molecule has 0 aromatic carbocycles. The number of ether oxygens (including phenoxy) is 1. The molecular formula is C21H44O4. The van der Waals surface area contributed by atoms with E-state index >= 15 is 0 Å². The Morgan fingerprint density at radius 3 is 1.64 bits per heavy atom. The van der Waals surface area contributed by atoms with E-state index in [0.29, 0.717) is 13.0 Å². The van der Waals surface area contributed by atoms with Crippen LogP contribution in [0, 0.1) is 5.41 Å². The van der Waals surface area contributed by atoms with Crippen molar-refractivity contribution in [2.45, 2.75) is 110 Å². The number of unbranched alkanes of at least 4 members (excludes halogenated alkanes) is 4. The monoisotopic (exact) mass is 360 g/mol. The van der Waals surface area contributed by atoms with Crippen LogP contribution in [-0.4, -0.2) is 46.8 Å². The molecule has 25 heavy (non-hydrogen) atoms. The smallest absolute Gasteiger partial charge is 0.0807 e. The first kappa shape index (κ1) is 24.8. The highest BCUT2D eigenvalue weighted by atomic mass is 16.5. The highest BCUT2D eigenvalue weighted by Gasteiger charge is 2.55. The lowest BCUT2D eigenvalue weighted by Gasteiger charge is -2.51. The van der Waals surface area contributed by atoms with Gasteiger partial charge in [-0.2, -0.15) is 0 Å². The second kappa shape index (κ2) is 14.0. The summed E-state index contributed by atoms with van der Waals surface area (Å²) in [6.07, 6.45) is 9.26. The van der Waals surface area contributed by atoms with Crippen molar-refractivity contribution in [1.29, 1.82) is 0 Å². The summed E-state index contributed by atoms with van der Waals surface area (Å²) in [6, 6.07) is 0. The summed E-state index contributed by atoms with van der Waals surface area (Å²) in [5.74, 6) is 0. The van der Waals surface area contributed by atoms with Gasteiger partial charge >= 0.3 is 0 Å². The number of hydrogen-bond acceptors (Lipinski definition) is 4. The van der Waals surface area contributed by atoms with Gasteiger partial charge in [0.05, 0.1) is 30.3 Å². The molecule has 0 amide bonds. The van der Waals surface area contributed by atoms with Crippen molar-refractivity contribution in [1.82, 2.24) is 0 Å². The van der Waals surface area contributed by atoms with Gasteiger partial charge in [0.15, 0.2) is 0 Å². The van der Waals surface area contributed by atoms with Crippen molar-refractivity contribution in [3.05, 3.63) is 0 Å². The van der Waals surface area contributed by atoms with Gasteiger partial charge in [-0.05, 0) is 25.7 Å². The van der Waals surface area contributed by atoms with Gasteiger partial charge in [-0.25, -0.2) is 0 Å². The molecule has 1 atom stereocenters. The van der Waals surface area contributed by atoms with E-state index in [9.17, 15) is 15.3 Å². The molecule has 152 valence electrons. The Labute approximate surface area is 156 Å². The van der Waals surface area contributed by atoms with Crippen LogP contribution in [0.3, 0.4) is 0 Å². The number of aliphatic hydroxyl groups is 3. The highest BCUT2D eigenvalue weighted by molar-refractivity contribution is 5.04. The molecule has 0 radical (unpaired) electrons. The lowest BCUT2D eigenvalue weighted by Crippen LogP contribution is -2.61. The van der Waals surface area contributed by atoms with Crippen LogP contribution in [0.25, 0.3) is 0 Å². The molecule has 0 spiro atoms. The van der Waals surface area contributed by atoms with Crippen LogP contribution in [0.15, 0.2) is 0 Å². The summed E-state index contributed by atoms with van der Waals surface area (Å²) in [5.41, 5.74) is -1.66. The minimum absolute atomic E-state index is 0.242. The van der Waals surface area contributed by atoms with E-state index in [1.165, 1.54) is 0 Å². The van der Waals surface area contributed by atoms with Gasteiger partial charge in [-0.3, -0.25) is 0 Å². The molecule has 0 fully saturated rings. The zero-order valence-corrected chi connectivity index (χ0v) is 17.2. The maximum atomic E-state index is 11.0. The van der Waals surface area contributed by atoms with E-state index in [1.54, 1.807) is 0 Å². The molecule has 4 heteroatoms. The molecule has 0 heterocycles. The summed E-state index contributed by atoms with van der Waals surface area (Å²) in [6.45, 7) is 8.64. The van der Waals surface area contributed by atoms with Crippen LogP contribution >= 0.6 is 0 Å². The first-order chi connectivity index (χ1) is 12.0.